The molecule has 0 saturated carbocycles. The Bertz CT molecular complexity index is 670. The number of nitrogens with zero attached hydrogens (tertiary/aromatic N) is 2. The van der Waals surface area contributed by atoms with Crippen LogP contribution in [0.5, 0.6) is 0 Å². The van der Waals surface area contributed by atoms with E-state index in [0.717, 1.165) is 30.8 Å². The number of hydrogen-bond donors (Lipinski definition) is 0. The highest BCUT2D eigenvalue weighted by Crippen LogP contribution is 2.18. The maximum Gasteiger partial charge on any atom is 0.332 e. The fourth-order valence-electron chi connectivity index (χ4n) is 1.68. The van der Waals surface area contributed by atoms with Gasteiger partial charge in [-0.2, -0.15) is 8.42 Å². The van der Waals surface area contributed by atoms with Gasteiger partial charge in [-0.15, -0.1) is 3.89 Å². The van der Waals surface area contributed by atoms with Gasteiger partial charge in [-0.1, -0.05) is 0 Å². The van der Waals surface area contributed by atoms with E-state index in [2.05, 4.69) is 0 Å². The van der Waals surface area contributed by atoms with Crippen LogP contribution in [0.1, 0.15) is 6.42 Å². The topological polar surface area (TPSA) is 74.8 Å². The molecule has 0 aromatic heterocycles. The van der Waals surface area contributed by atoms with Gasteiger partial charge in [0.2, 0.25) is 10.0 Å². The lowest BCUT2D eigenvalue weighted by atomic mass is 10.4. The summed E-state index contributed by atoms with van der Waals surface area (Å²) in [7, 11) is -3.29. The molecule has 21 heavy (non-hydrogen) atoms. The molecule has 0 spiro atoms. The van der Waals surface area contributed by atoms with E-state index in [0.29, 0.717) is 13.0 Å². The molecular formula is C12H19FN2O4S2. The molecule has 0 fully saturated rings. The fourth-order valence-corrected chi connectivity index (χ4v) is 3.35. The second kappa shape index (κ2) is 6.82. The van der Waals surface area contributed by atoms with E-state index in [1.54, 1.807) is 0 Å². The molecule has 9 heteroatoms. The van der Waals surface area contributed by atoms with E-state index >= 15 is 0 Å². The zero-order valence-electron chi connectivity index (χ0n) is 12.2. The Labute approximate surface area is 125 Å². The molecule has 1 aromatic rings. The van der Waals surface area contributed by atoms with E-state index in [1.165, 1.54) is 11.4 Å². The molecule has 0 heterocycles. The van der Waals surface area contributed by atoms with Gasteiger partial charge in [0.1, 0.15) is 0 Å². The fraction of sp³-hybridized carbons (Fsp3) is 0.500. The Morgan fingerprint density at radius 2 is 1.38 bits per heavy atom. The molecule has 120 valence electrons. The predicted octanol–water partition coefficient (Wildman–Crippen LogP) is 0.917. The highest BCUT2D eigenvalue weighted by molar-refractivity contribution is 7.89. The zero-order valence-corrected chi connectivity index (χ0v) is 13.8. The van der Waals surface area contributed by atoms with Crippen LogP contribution < -0.4 is 0 Å². The Morgan fingerprint density at radius 3 is 1.81 bits per heavy atom. The van der Waals surface area contributed by atoms with Gasteiger partial charge in [-0.05, 0) is 51.3 Å². The monoisotopic (exact) mass is 338 g/mol. The Morgan fingerprint density at radius 1 is 0.905 bits per heavy atom. The quantitative estimate of drug-likeness (QED) is 0.691. The molecule has 1 rings (SSSR count). The van der Waals surface area contributed by atoms with Crippen molar-refractivity contribution in [1.29, 1.82) is 0 Å². The Balaban J connectivity index is 2.87. The summed E-state index contributed by atoms with van der Waals surface area (Å²) in [5.41, 5.74) is 0. The SMILES string of the molecule is CN(C)CCCN(C)S(=O)(=O)c1ccc(S(=O)(=O)F)cc1. The largest absolute Gasteiger partial charge is 0.332 e. The van der Waals surface area contributed by atoms with Gasteiger partial charge in [-0.25, -0.2) is 12.7 Å². The molecule has 0 radical (unpaired) electrons. The van der Waals surface area contributed by atoms with Crippen molar-refractivity contribution >= 4 is 20.2 Å². The van der Waals surface area contributed by atoms with E-state index < -0.39 is 25.1 Å². The standard InChI is InChI=1S/C12H19FN2O4S2/c1-14(2)9-4-10-15(3)21(18,19)12-7-5-11(6-8-12)20(13,16)17/h5-8H,4,9-10H2,1-3H3. The first-order chi connectivity index (χ1) is 9.55. The molecular weight excluding hydrogens is 319 g/mol. The number of rotatable bonds is 7. The van der Waals surface area contributed by atoms with Crippen molar-refractivity contribution in [1.82, 2.24) is 9.21 Å². The summed E-state index contributed by atoms with van der Waals surface area (Å²) in [6.45, 7) is 1.09. The van der Waals surface area contributed by atoms with Crippen LogP contribution in [-0.4, -0.2) is 60.3 Å². The predicted molar refractivity (Wildman–Crippen MR) is 77.7 cm³/mol. The summed E-state index contributed by atoms with van der Waals surface area (Å²) >= 11 is 0. The van der Waals surface area contributed by atoms with Crippen molar-refractivity contribution in [2.45, 2.75) is 16.2 Å². The van der Waals surface area contributed by atoms with Crippen LogP contribution in [0.2, 0.25) is 0 Å². The summed E-state index contributed by atoms with van der Waals surface area (Å²) in [6.07, 6.45) is 0.666. The third-order valence-electron chi connectivity index (χ3n) is 2.89. The number of sulfonamides is 1. The van der Waals surface area contributed by atoms with E-state index in [-0.39, 0.29) is 4.90 Å². The Kier molecular flexibility index (Phi) is 5.85. The molecule has 0 aliphatic carbocycles. The zero-order chi connectivity index (χ0) is 16.3. The molecule has 0 N–H and O–H groups in total. The van der Waals surface area contributed by atoms with Gasteiger partial charge in [0.05, 0.1) is 9.79 Å². The maximum atomic E-state index is 12.8. The van der Waals surface area contributed by atoms with Crippen LogP contribution in [0.4, 0.5) is 3.89 Å². The summed E-state index contributed by atoms with van der Waals surface area (Å²) in [6, 6.07) is 4.06. The molecule has 0 unspecified atom stereocenters. The third-order valence-corrected chi connectivity index (χ3v) is 5.60. The van der Waals surface area contributed by atoms with Crippen LogP contribution in [-0.2, 0) is 20.2 Å². The van der Waals surface area contributed by atoms with Crippen LogP contribution >= 0.6 is 0 Å². The second-order valence-corrected chi connectivity index (χ2v) is 8.28. The van der Waals surface area contributed by atoms with E-state index in [4.69, 9.17) is 0 Å². The molecule has 0 aliphatic heterocycles. The minimum atomic E-state index is -4.82. The van der Waals surface area contributed by atoms with Crippen LogP contribution in [0.25, 0.3) is 0 Å². The van der Waals surface area contributed by atoms with E-state index in [9.17, 15) is 20.7 Å². The third kappa shape index (κ3) is 5.03. The summed E-state index contributed by atoms with van der Waals surface area (Å²) in [5.74, 6) is 0. The molecule has 0 amide bonds. The van der Waals surface area contributed by atoms with E-state index in [1.807, 2.05) is 19.0 Å². The van der Waals surface area contributed by atoms with Gasteiger partial charge < -0.3 is 4.90 Å². The average Bonchev–Trinajstić information content (AvgIpc) is 2.37. The molecule has 1 aromatic carbocycles. The van der Waals surface area contributed by atoms with Crippen molar-refractivity contribution in [3.05, 3.63) is 24.3 Å². The van der Waals surface area contributed by atoms with Crippen molar-refractivity contribution in [3.63, 3.8) is 0 Å². The van der Waals surface area contributed by atoms with Gasteiger partial charge in [-0.3, -0.25) is 0 Å². The lowest BCUT2D eigenvalue weighted by Gasteiger charge is -2.18. The maximum absolute atomic E-state index is 12.8. The van der Waals surface area contributed by atoms with Gasteiger partial charge in [0, 0.05) is 13.6 Å². The lowest BCUT2D eigenvalue weighted by Crippen LogP contribution is -2.29. The highest BCUT2D eigenvalue weighted by Gasteiger charge is 2.21. The minimum absolute atomic E-state index is 0.0674. The van der Waals surface area contributed by atoms with Crippen molar-refractivity contribution in [2.75, 3.05) is 34.2 Å². The lowest BCUT2D eigenvalue weighted by molar-refractivity contribution is 0.370. The average molecular weight is 338 g/mol. The molecule has 6 nitrogen and oxygen atoms in total. The number of hydrogen-bond acceptors (Lipinski definition) is 5. The summed E-state index contributed by atoms with van der Waals surface area (Å²) < 4.78 is 59.8. The summed E-state index contributed by atoms with van der Waals surface area (Å²) in [5, 5.41) is 0. The minimum Gasteiger partial charge on any atom is -0.309 e. The highest BCUT2D eigenvalue weighted by atomic mass is 32.3. The van der Waals surface area contributed by atoms with Crippen molar-refractivity contribution in [2.24, 2.45) is 0 Å². The first-order valence-corrected chi connectivity index (χ1v) is 9.03. The van der Waals surface area contributed by atoms with Crippen molar-refractivity contribution < 1.29 is 20.7 Å². The van der Waals surface area contributed by atoms with Gasteiger partial charge in [0.25, 0.3) is 0 Å². The Hall–Kier alpha value is -1.03. The van der Waals surface area contributed by atoms with Gasteiger partial charge >= 0.3 is 10.2 Å². The molecule has 0 aliphatic rings. The molecule has 0 atom stereocenters. The first kappa shape index (κ1) is 18.0. The smallest absolute Gasteiger partial charge is 0.309 e. The summed E-state index contributed by atoms with van der Waals surface area (Å²) in [4.78, 5) is 1.32. The first-order valence-electron chi connectivity index (χ1n) is 6.21. The molecule has 0 saturated heterocycles. The van der Waals surface area contributed by atoms with Crippen LogP contribution in [0.15, 0.2) is 34.1 Å². The van der Waals surface area contributed by atoms with Crippen LogP contribution in [0, 0.1) is 0 Å². The van der Waals surface area contributed by atoms with Crippen molar-refractivity contribution in [3.8, 4) is 0 Å². The van der Waals surface area contributed by atoms with Crippen LogP contribution in [0.3, 0.4) is 0 Å². The second-order valence-electron chi connectivity index (χ2n) is 4.89. The molecule has 0 bridgehead atoms. The van der Waals surface area contributed by atoms with Gasteiger partial charge in [0.15, 0.2) is 0 Å². The number of halogens is 1. The normalized spacial score (nSPS) is 13.0. The number of benzene rings is 1.